The highest BCUT2D eigenvalue weighted by molar-refractivity contribution is 7.99. The fraction of sp³-hybridized carbons (Fsp3) is 0.667. The molecule has 3 heterocycles. The van der Waals surface area contributed by atoms with Crippen LogP contribution in [-0.2, 0) is 4.79 Å². The van der Waals surface area contributed by atoms with Crippen molar-refractivity contribution in [2.24, 2.45) is 0 Å². The Bertz CT molecular complexity index is 539. The second-order valence-electron chi connectivity index (χ2n) is 5.58. The van der Waals surface area contributed by atoms with Gasteiger partial charge in [0.1, 0.15) is 12.6 Å². The van der Waals surface area contributed by atoms with Crippen molar-refractivity contribution in [1.82, 2.24) is 14.9 Å². The molecule has 8 heteroatoms. The van der Waals surface area contributed by atoms with Crippen LogP contribution < -0.4 is 9.64 Å². The molecule has 0 spiro atoms. The number of aliphatic hydroxyl groups is 1. The molecule has 0 radical (unpaired) electrons. The number of rotatable bonds is 5. The summed E-state index contributed by atoms with van der Waals surface area (Å²) in [6.07, 6.45) is 5.02. The van der Waals surface area contributed by atoms with E-state index in [1.54, 1.807) is 6.20 Å². The van der Waals surface area contributed by atoms with Gasteiger partial charge in [-0.2, -0.15) is 16.7 Å². The molecule has 1 amide bonds. The van der Waals surface area contributed by atoms with E-state index in [-0.39, 0.29) is 25.2 Å². The van der Waals surface area contributed by atoms with E-state index in [1.807, 2.05) is 21.6 Å². The smallest absolute Gasteiger partial charge is 0.245 e. The van der Waals surface area contributed by atoms with Gasteiger partial charge in [0.2, 0.25) is 11.8 Å². The molecule has 1 N–H and O–H groups in total. The van der Waals surface area contributed by atoms with E-state index in [0.29, 0.717) is 11.7 Å². The maximum absolute atomic E-state index is 12.8. The fourth-order valence-electron chi connectivity index (χ4n) is 2.99. The Morgan fingerprint density at radius 3 is 2.96 bits per heavy atom. The lowest BCUT2D eigenvalue weighted by Crippen LogP contribution is -2.48. The van der Waals surface area contributed by atoms with E-state index in [0.717, 1.165) is 44.0 Å². The average Bonchev–Trinajstić information content (AvgIpc) is 3.10. The normalized spacial score (nSPS) is 21.5. The van der Waals surface area contributed by atoms with E-state index in [2.05, 4.69) is 9.97 Å². The highest BCUT2D eigenvalue weighted by Gasteiger charge is 2.35. The number of carbonyl (C=O) groups is 1. The van der Waals surface area contributed by atoms with Crippen LogP contribution in [0.2, 0.25) is 0 Å². The first-order chi connectivity index (χ1) is 11.3. The van der Waals surface area contributed by atoms with Crippen LogP contribution in [0, 0.1) is 0 Å². The number of aliphatic hydroxyl groups excluding tert-OH is 1. The van der Waals surface area contributed by atoms with E-state index in [9.17, 15) is 4.79 Å². The molecule has 2 aliphatic heterocycles. The third kappa shape index (κ3) is 3.87. The number of anilines is 1. The second kappa shape index (κ2) is 7.83. The zero-order chi connectivity index (χ0) is 16.1. The van der Waals surface area contributed by atoms with Gasteiger partial charge in [0, 0.05) is 31.1 Å². The van der Waals surface area contributed by atoms with Crippen molar-refractivity contribution in [3.8, 4) is 5.88 Å². The van der Waals surface area contributed by atoms with Crippen molar-refractivity contribution in [1.29, 1.82) is 0 Å². The van der Waals surface area contributed by atoms with Gasteiger partial charge in [0.25, 0.3) is 0 Å². The number of amides is 1. The lowest BCUT2D eigenvalue weighted by Gasteiger charge is -2.32. The summed E-state index contributed by atoms with van der Waals surface area (Å²) in [4.78, 5) is 25.4. The molecular formula is C15H22N4O3S. The number of hydrogen-bond acceptors (Lipinski definition) is 7. The third-order valence-corrected chi connectivity index (χ3v) is 5.04. The first-order valence-corrected chi connectivity index (χ1v) is 9.14. The lowest BCUT2D eigenvalue weighted by atomic mass is 10.2. The van der Waals surface area contributed by atoms with Crippen LogP contribution in [0.4, 0.5) is 5.82 Å². The standard InChI is InChI=1S/C15H22N4O3S/c20-6-7-22-14-11-16-10-13(17-14)19-3-1-2-12(19)15(21)18-4-8-23-9-5-18/h10-12,20H,1-9H2. The van der Waals surface area contributed by atoms with Gasteiger partial charge in [-0.05, 0) is 12.8 Å². The first-order valence-electron chi connectivity index (χ1n) is 7.98. The largest absolute Gasteiger partial charge is 0.474 e. The summed E-state index contributed by atoms with van der Waals surface area (Å²) in [5, 5.41) is 8.83. The molecule has 2 fully saturated rings. The van der Waals surface area contributed by atoms with Crippen molar-refractivity contribution in [3.05, 3.63) is 12.4 Å². The summed E-state index contributed by atoms with van der Waals surface area (Å²) in [5.74, 6) is 3.28. The minimum absolute atomic E-state index is 0.0658. The van der Waals surface area contributed by atoms with Crippen molar-refractivity contribution < 1.29 is 14.6 Å². The molecule has 1 aromatic heterocycles. The first kappa shape index (κ1) is 16.3. The summed E-state index contributed by atoms with van der Waals surface area (Å²) in [5.41, 5.74) is 0. The number of aromatic nitrogens is 2. The molecule has 1 aromatic rings. The SMILES string of the molecule is O=C(C1CCCN1c1cncc(OCCO)n1)N1CCSCC1. The predicted octanol–water partition coefficient (Wildman–Crippen LogP) is 0.392. The lowest BCUT2D eigenvalue weighted by molar-refractivity contribution is -0.132. The summed E-state index contributed by atoms with van der Waals surface area (Å²) in [7, 11) is 0. The van der Waals surface area contributed by atoms with E-state index >= 15 is 0 Å². The van der Waals surface area contributed by atoms with Crippen LogP contribution in [0.25, 0.3) is 0 Å². The number of hydrogen-bond donors (Lipinski definition) is 1. The Morgan fingerprint density at radius 1 is 1.35 bits per heavy atom. The van der Waals surface area contributed by atoms with Crippen LogP contribution in [0.3, 0.4) is 0 Å². The van der Waals surface area contributed by atoms with Gasteiger partial charge in [-0.15, -0.1) is 0 Å². The number of thioether (sulfide) groups is 1. The van der Waals surface area contributed by atoms with Crippen molar-refractivity contribution in [2.45, 2.75) is 18.9 Å². The van der Waals surface area contributed by atoms with E-state index in [4.69, 9.17) is 9.84 Å². The fourth-order valence-corrected chi connectivity index (χ4v) is 3.89. The average molecular weight is 338 g/mol. The van der Waals surface area contributed by atoms with Gasteiger partial charge >= 0.3 is 0 Å². The number of ether oxygens (including phenoxy) is 1. The van der Waals surface area contributed by atoms with E-state index < -0.39 is 0 Å². The van der Waals surface area contributed by atoms with Gasteiger partial charge in [0.05, 0.1) is 19.0 Å². The highest BCUT2D eigenvalue weighted by atomic mass is 32.2. The molecule has 2 saturated heterocycles. The zero-order valence-corrected chi connectivity index (χ0v) is 13.9. The second-order valence-corrected chi connectivity index (χ2v) is 6.80. The molecule has 7 nitrogen and oxygen atoms in total. The van der Waals surface area contributed by atoms with Gasteiger partial charge in [0.15, 0.2) is 5.82 Å². The molecular weight excluding hydrogens is 316 g/mol. The summed E-state index contributed by atoms with van der Waals surface area (Å²) in [6.45, 7) is 2.59. The molecule has 0 aliphatic carbocycles. The van der Waals surface area contributed by atoms with Gasteiger partial charge in [-0.25, -0.2) is 0 Å². The Kier molecular flexibility index (Phi) is 5.56. The molecule has 0 saturated carbocycles. The quantitative estimate of drug-likeness (QED) is 0.832. The van der Waals surface area contributed by atoms with Crippen LogP contribution in [0.5, 0.6) is 5.88 Å². The van der Waals surface area contributed by atoms with Crippen LogP contribution in [0.15, 0.2) is 12.4 Å². The molecule has 0 bridgehead atoms. The van der Waals surface area contributed by atoms with Gasteiger partial charge in [-0.3, -0.25) is 9.78 Å². The Balaban J connectivity index is 1.71. The topological polar surface area (TPSA) is 78.8 Å². The molecule has 0 aromatic carbocycles. The number of nitrogens with zero attached hydrogens (tertiary/aromatic N) is 4. The van der Waals surface area contributed by atoms with Crippen molar-refractivity contribution in [3.63, 3.8) is 0 Å². The third-order valence-electron chi connectivity index (χ3n) is 4.10. The van der Waals surface area contributed by atoms with Gasteiger partial charge in [-0.1, -0.05) is 0 Å². The zero-order valence-electron chi connectivity index (χ0n) is 13.1. The summed E-state index contributed by atoms with van der Waals surface area (Å²) >= 11 is 1.90. The van der Waals surface area contributed by atoms with Crippen molar-refractivity contribution in [2.75, 3.05) is 49.3 Å². The Labute approximate surface area is 140 Å². The Morgan fingerprint density at radius 2 is 2.17 bits per heavy atom. The maximum Gasteiger partial charge on any atom is 0.245 e. The summed E-state index contributed by atoms with van der Waals surface area (Å²) < 4.78 is 5.32. The molecule has 126 valence electrons. The monoisotopic (exact) mass is 338 g/mol. The molecule has 2 aliphatic rings. The molecule has 1 unspecified atom stereocenters. The maximum atomic E-state index is 12.8. The minimum Gasteiger partial charge on any atom is -0.474 e. The number of carbonyl (C=O) groups excluding carboxylic acids is 1. The highest BCUT2D eigenvalue weighted by Crippen LogP contribution is 2.26. The van der Waals surface area contributed by atoms with Crippen LogP contribution >= 0.6 is 11.8 Å². The Hall–Kier alpha value is -1.54. The predicted molar refractivity (Wildman–Crippen MR) is 88.9 cm³/mol. The van der Waals surface area contributed by atoms with Gasteiger partial charge < -0.3 is 19.6 Å². The van der Waals surface area contributed by atoms with Crippen LogP contribution in [-0.4, -0.2) is 76.3 Å². The molecule has 23 heavy (non-hydrogen) atoms. The van der Waals surface area contributed by atoms with E-state index in [1.165, 1.54) is 6.20 Å². The summed E-state index contributed by atoms with van der Waals surface area (Å²) in [6, 6.07) is -0.152. The molecule has 1 atom stereocenters. The van der Waals surface area contributed by atoms with Crippen LogP contribution in [0.1, 0.15) is 12.8 Å². The minimum atomic E-state index is -0.152. The van der Waals surface area contributed by atoms with Crippen molar-refractivity contribution >= 4 is 23.5 Å². The molecule has 3 rings (SSSR count).